The second kappa shape index (κ2) is 5.90. The highest BCUT2D eigenvalue weighted by molar-refractivity contribution is 6.02. The molecule has 0 atom stereocenters. The number of nitrogens with one attached hydrogen (secondary N) is 1. The fourth-order valence-electron chi connectivity index (χ4n) is 2.03. The lowest BCUT2D eigenvalue weighted by atomic mass is 10.3. The molecule has 0 spiro atoms. The van der Waals surface area contributed by atoms with Crippen LogP contribution in [0.25, 0.3) is 0 Å². The number of hydrogen-bond acceptors (Lipinski definition) is 4. The van der Waals surface area contributed by atoms with Gasteiger partial charge in [0.15, 0.2) is 5.89 Å². The molecule has 0 aliphatic carbocycles. The summed E-state index contributed by atoms with van der Waals surface area (Å²) in [5, 5.41) is 7.15. The van der Waals surface area contributed by atoms with Crippen molar-refractivity contribution in [1.29, 1.82) is 0 Å². The first-order chi connectivity index (χ1) is 9.52. The summed E-state index contributed by atoms with van der Waals surface area (Å²) in [6.45, 7) is 8.31. The van der Waals surface area contributed by atoms with Crippen molar-refractivity contribution in [3.63, 3.8) is 0 Å². The summed E-state index contributed by atoms with van der Waals surface area (Å²) in [6.07, 6.45) is 3.85. The minimum atomic E-state index is -0.288. The van der Waals surface area contributed by atoms with Crippen LogP contribution in [0.2, 0.25) is 0 Å². The van der Waals surface area contributed by atoms with Crippen LogP contribution in [0.3, 0.4) is 0 Å². The first kappa shape index (κ1) is 14.3. The van der Waals surface area contributed by atoms with Gasteiger partial charge in [0.05, 0.1) is 11.9 Å². The molecule has 6 heteroatoms. The summed E-state index contributed by atoms with van der Waals surface area (Å²) in [6, 6.07) is 0. The standard InChI is InChI=1S/C14H20N4O2/c1-5-6-7-18-13(9(2)8-15-18)17-14(19)12-10(3)16-11(4)20-12/h8H,5-7H2,1-4H3,(H,17,19). The summed E-state index contributed by atoms with van der Waals surface area (Å²) < 4.78 is 7.15. The molecule has 2 aromatic rings. The lowest BCUT2D eigenvalue weighted by Crippen LogP contribution is -2.17. The SMILES string of the molecule is CCCCn1ncc(C)c1NC(=O)c1oc(C)nc1C. The van der Waals surface area contributed by atoms with Crippen LogP contribution < -0.4 is 5.32 Å². The number of oxazole rings is 1. The highest BCUT2D eigenvalue weighted by atomic mass is 16.4. The summed E-state index contributed by atoms with van der Waals surface area (Å²) >= 11 is 0. The quantitative estimate of drug-likeness (QED) is 0.911. The molecule has 0 aromatic carbocycles. The molecule has 2 aromatic heterocycles. The summed E-state index contributed by atoms with van der Waals surface area (Å²) in [5.41, 5.74) is 1.53. The molecule has 0 aliphatic rings. The second-order valence-corrected chi connectivity index (χ2v) is 4.85. The predicted molar refractivity (Wildman–Crippen MR) is 75.8 cm³/mol. The van der Waals surface area contributed by atoms with Crippen LogP contribution in [0, 0.1) is 20.8 Å². The Balaban J connectivity index is 2.19. The summed E-state index contributed by atoms with van der Waals surface area (Å²) in [5.74, 6) is 1.18. The number of anilines is 1. The van der Waals surface area contributed by atoms with Crippen molar-refractivity contribution in [2.45, 2.75) is 47.1 Å². The lowest BCUT2D eigenvalue weighted by molar-refractivity contribution is 0.0993. The molecule has 1 N–H and O–H groups in total. The first-order valence-electron chi connectivity index (χ1n) is 6.80. The van der Waals surface area contributed by atoms with Gasteiger partial charge in [-0.3, -0.25) is 4.79 Å². The van der Waals surface area contributed by atoms with Crippen LogP contribution in [0.1, 0.15) is 47.5 Å². The number of carbonyl (C=O) groups is 1. The Bertz CT molecular complexity index is 613. The van der Waals surface area contributed by atoms with Gasteiger partial charge in [-0.25, -0.2) is 9.67 Å². The van der Waals surface area contributed by atoms with Crippen LogP contribution >= 0.6 is 0 Å². The van der Waals surface area contributed by atoms with E-state index in [2.05, 4.69) is 22.3 Å². The van der Waals surface area contributed by atoms with Crippen molar-refractivity contribution in [1.82, 2.24) is 14.8 Å². The van der Waals surface area contributed by atoms with E-state index >= 15 is 0 Å². The van der Waals surface area contributed by atoms with Crippen LogP contribution in [-0.2, 0) is 6.54 Å². The average molecular weight is 276 g/mol. The first-order valence-corrected chi connectivity index (χ1v) is 6.80. The smallest absolute Gasteiger partial charge is 0.294 e. The van der Waals surface area contributed by atoms with Crippen molar-refractivity contribution in [3.05, 3.63) is 29.1 Å². The highest BCUT2D eigenvalue weighted by Gasteiger charge is 2.18. The van der Waals surface area contributed by atoms with E-state index in [0.717, 1.165) is 30.8 Å². The van der Waals surface area contributed by atoms with E-state index in [4.69, 9.17) is 4.42 Å². The zero-order valence-corrected chi connectivity index (χ0v) is 12.4. The van der Waals surface area contributed by atoms with E-state index in [1.54, 1.807) is 20.0 Å². The van der Waals surface area contributed by atoms with Crippen molar-refractivity contribution in [2.24, 2.45) is 0 Å². The largest absolute Gasteiger partial charge is 0.436 e. The average Bonchev–Trinajstić information content (AvgIpc) is 2.91. The zero-order valence-electron chi connectivity index (χ0n) is 12.4. The maximum absolute atomic E-state index is 12.2. The third-order valence-electron chi connectivity index (χ3n) is 3.09. The fraction of sp³-hybridized carbons (Fsp3) is 0.500. The number of hydrogen-bond donors (Lipinski definition) is 1. The summed E-state index contributed by atoms with van der Waals surface area (Å²) in [4.78, 5) is 16.3. The maximum Gasteiger partial charge on any atom is 0.294 e. The molecule has 0 bridgehead atoms. The van der Waals surface area contributed by atoms with Crippen molar-refractivity contribution in [3.8, 4) is 0 Å². The number of nitrogens with zero attached hydrogens (tertiary/aromatic N) is 3. The molecule has 6 nitrogen and oxygen atoms in total. The molecule has 20 heavy (non-hydrogen) atoms. The zero-order chi connectivity index (χ0) is 14.7. The minimum Gasteiger partial charge on any atom is -0.436 e. The molecular formula is C14H20N4O2. The molecule has 0 aliphatic heterocycles. The normalized spacial score (nSPS) is 10.8. The Morgan fingerprint density at radius 3 is 2.75 bits per heavy atom. The van der Waals surface area contributed by atoms with Crippen molar-refractivity contribution < 1.29 is 9.21 Å². The molecule has 0 fully saturated rings. The third-order valence-corrected chi connectivity index (χ3v) is 3.09. The van der Waals surface area contributed by atoms with Gasteiger partial charge < -0.3 is 9.73 Å². The van der Waals surface area contributed by atoms with E-state index in [0.29, 0.717) is 11.6 Å². The number of carbonyl (C=O) groups excluding carboxylic acids is 1. The molecular weight excluding hydrogens is 256 g/mol. The van der Waals surface area contributed by atoms with E-state index in [-0.39, 0.29) is 11.7 Å². The van der Waals surface area contributed by atoms with E-state index in [1.165, 1.54) is 0 Å². The predicted octanol–water partition coefficient (Wildman–Crippen LogP) is 2.85. The Morgan fingerprint density at radius 1 is 1.40 bits per heavy atom. The maximum atomic E-state index is 12.2. The monoisotopic (exact) mass is 276 g/mol. The Kier molecular flexibility index (Phi) is 4.22. The second-order valence-electron chi connectivity index (χ2n) is 4.85. The van der Waals surface area contributed by atoms with Gasteiger partial charge in [-0.05, 0) is 20.3 Å². The molecule has 2 rings (SSSR count). The molecule has 0 saturated carbocycles. The van der Waals surface area contributed by atoms with Crippen LogP contribution in [0.4, 0.5) is 5.82 Å². The van der Waals surface area contributed by atoms with Crippen molar-refractivity contribution >= 4 is 11.7 Å². The molecule has 0 unspecified atom stereocenters. The third kappa shape index (κ3) is 2.89. The van der Waals surface area contributed by atoms with Gasteiger partial charge in [0, 0.05) is 19.0 Å². The van der Waals surface area contributed by atoms with E-state index in [1.807, 2.05) is 11.6 Å². The molecule has 1 amide bonds. The Hall–Kier alpha value is -2.11. The van der Waals surface area contributed by atoms with Gasteiger partial charge in [-0.2, -0.15) is 5.10 Å². The Morgan fingerprint density at radius 2 is 2.15 bits per heavy atom. The Labute approximate surface area is 118 Å². The molecule has 2 heterocycles. The van der Waals surface area contributed by atoms with Crippen molar-refractivity contribution in [2.75, 3.05) is 5.32 Å². The van der Waals surface area contributed by atoms with E-state index < -0.39 is 0 Å². The van der Waals surface area contributed by atoms with Crippen LogP contribution in [0.15, 0.2) is 10.6 Å². The fourth-order valence-corrected chi connectivity index (χ4v) is 2.03. The number of aromatic nitrogens is 3. The number of rotatable bonds is 5. The number of amides is 1. The molecule has 108 valence electrons. The van der Waals surface area contributed by atoms with Gasteiger partial charge in [-0.15, -0.1) is 0 Å². The van der Waals surface area contributed by atoms with E-state index in [9.17, 15) is 4.79 Å². The topological polar surface area (TPSA) is 73.0 Å². The van der Waals surface area contributed by atoms with Crippen LogP contribution in [-0.4, -0.2) is 20.7 Å². The van der Waals surface area contributed by atoms with Gasteiger partial charge in [0.1, 0.15) is 5.82 Å². The number of aryl methyl sites for hydroxylation is 4. The summed E-state index contributed by atoms with van der Waals surface area (Å²) in [7, 11) is 0. The minimum absolute atomic E-state index is 0.255. The highest BCUT2D eigenvalue weighted by Crippen LogP contribution is 2.17. The lowest BCUT2D eigenvalue weighted by Gasteiger charge is -2.08. The van der Waals surface area contributed by atoms with Gasteiger partial charge in [-0.1, -0.05) is 13.3 Å². The molecule has 0 saturated heterocycles. The van der Waals surface area contributed by atoms with Gasteiger partial charge >= 0.3 is 0 Å². The van der Waals surface area contributed by atoms with Gasteiger partial charge in [0.25, 0.3) is 5.91 Å². The van der Waals surface area contributed by atoms with Gasteiger partial charge in [0.2, 0.25) is 5.76 Å². The van der Waals surface area contributed by atoms with Crippen LogP contribution in [0.5, 0.6) is 0 Å². The molecule has 0 radical (unpaired) electrons. The number of unbranched alkanes of at least 4 members (excludes halogenated alkanes) is 1.